The summed E-state index contributed by atoms with van der Waals surface area (Å²) in [5.41, 5.74) is 0.630. The third-order valence-electron chi connectivity index (χ3n) is 4.23. The molecule has 1 aliphatic heterocycles. The summed E-state index contributed by atoms with van der Waals surface area (Å²) in [5.74, 6) is 1.33. The van der Waals surface area contributed by atoms with E-state index in [1.54, 1.807) is 6.07 Å². The summed E-state index contributed by atoms with van der Waals surface area (Å²) in [6, 6.07) is 9.37. The molecule has 1 saturated heterocycles. The fourth-order valence-corrected chi connectivity index (χ4v) is 2.99. The van der Waals surface area contributed by atoms with Crippen molar-refractivity contribution in [3.63, 3.8) is 0 Å². The van der Waals surface area contributed by atoms with Crippen LogP contribution < -0.4 is 10.2 Å². The van der Waals surface area contributed by atoms with Crippen molar-refractivity contribution < 1.29 is 9.90 Å². The highest BCUT2D eigenvalue weighted by molar-refractivity contribution is 5.85. The SMILES string of the molecule is CCNC(=O)C1CCN(c2ccc3cccc(O)c3n2)CC1. The predicted octanol–water partition coefficient (Wildman–Crippen LogP) is 2.29. The Morgan fingerprint density at radius 3 is 2.82 bits per heavy atom. The first-order valence-corrected chi connectivity index (χ1v) is 7.80. The van der Waals surface area contributed by atoms with Gasteiger partial charge in [-0.15, -0.1) is 0 Å². The van der Waals surface area contributed by atoms with Crippen LogP contribution in [0.25, 0.3) is 10.9 Å². The summed E-state index contributed by atoms with van der Waals surface area (Å²) in [6.45, 7) is 4.25. The number of carbonyl (C=O) groups is 1. The molecule has 0 radical (unpaired) electrons. The topological polar surface area (TPSA) is 65.5 Å². The van der Waals surface area contributed by atoms with E-state index in [1.807, 2.05) is 31.2 Å². The van der Waals surface area contributed by atoms with Gasteiger partial charge >= 0.3 is 0 Å². The predicted molar refractivity (Wildman–Crippen MR) is 87.0 cm³/mol. The van der Waals surface area contributed by atoms with Crippen LogP contribution in [-0.2, 0) is 4.79 Å². The number of para-hydroxylation sites is 1. The number of nitrogens with zero attached hydrogens (tertiary/aromatic N) is 2. The Morgan fingerprint density at radius 2 is 2.09 bits per heavy atom. The van der Waals surface area contributed by atoms with Crippen LogP contribution in [0.15, 0.2) is 30.3 Å². The van der Waals surface area contributed by atoms with Gasteiger partial charge in [0.1, 0.15) is 17.1 Å². The molecule has 5 heteroatoms. The lowest BCUT2D eigenvalue weighted by molar-refractivity contribution is -0.125. The highest BCUT2D eigenvalue weighted by atomic mass is 16.3. The van der Waals surface area contributed by atoms with Crippen molar-refractivity contribution in [2.45, 2.75) is 19.8 Å². The van der Waals surface area contributed by atoms with Gasteiger partial charge in [-0.1, -0.05) is 12.1 Å². The highest BCUT2D eigenvalue weighted by Crippen LogP contribution is 2.27. The molecule has 3 rings (SSSR count). The number of rotatable bonds is 3. The minimum absolute atomic E-state index is 0.102. The Balaban J connectivity index is 1.74. The van der Waals surface area contributed by atoms with E-state index in [9.17, 15) is 9.90 Å². The zero-order valence-electron chi connectivity index (χ0n) is 12.7. The van der Waals surface area contributed by atoms with Gasteiger partial charge < -0.3 is 15.3 Å². The van der Waals surface area contributed by atoms with Crippen LogP contribution in [0.2, 0.25) is 0 Å². The number of nitrogens with one attached hydrogen (secondary N) is 1. The van der Waals surface area contributed by atoms with E-state index < -0.39 is 0 Å². The molecule has 0 bridgehead atoms. The van der Waals surface area contributed by atoms with E-state index in [-0.39, 0.29) is 17.6 Å². The van der Waals surface area contributed by atoms with Gasteiger partial charge in [0, 0.05) is 30.9 Å². The van der Waals surface area contributed by atoms with E-state index in [4.69, 9.17) is 0 Å². The number of hydrogen-bond donors (Lipinski definition) is 2. The van der Waals surface area contributed by atoms with Crippen LogP contribution in [0, 0.1) is 5.92 Å². The normalized spacial score (nSPS) is 16.0. The minimum atomic E-state index is 0.102. The number of hydrogen-bond acceptors (Lipinski definition) is 4. The smallest absolute Gasteiger partial charge is 0.223 e. The Bertz CT molecular complexity index is 679. The van der Waals surface area contributed by atoms with E-state index in [0.717, 1.165) is 37.1 Å². The number of benzene rings is 1. The Labute approximate surface area is 130 Å². The lowest BCUT2D eigenvalue weighted by Gasteiger charge is -2.32. The summed E-state index contributed by atoms with van der Waals surface area (Å²) in [6.07, 6.45) is 1.68. The van der Waals surface area contributed by atoms with Crippen LogP contribution in [0.1, 0.15) is 19.8 Å². The van der Waals surface area contributed by atoms with E-state index in [2.05, 4.69) is 15.2 Å². The standard InChI is InChI=1S/C17H21N3O2/c1-2-18-17(22)13-8-10-20(11-9-13)15-7-6-12-4-3-5-14(21)16(12)19-15/h3-7,13,21H,2,8-11H2,1H3,(H,18,22). The van der Waals surface area contributed by atoms with Gasteiger partial charge in [-0.3, -0.25) is 4.79 Å². The number of piperidine rings is 1. The first kappa shape index (κ1) is 14.6. The van der Waals surface area contributed by atoms with Gasteiger partial charge in [-0.05, 0) is 38.0 Å². The molecule has 0 aliphatic carbocycles. The number of phenolic OH excluding ortho intramolecular Hbond substituents is 1. The number of pyridine rings is 1. The molecular formula is C17H21N3O2. The molecule has 1 fully saturated rings. The van der Waals surface area contributed by atoms with Crippen LogP contribution >= 0.6 is 0 Å². The second-order valence-electron chi connectivity index (χ2n) is 5.67. The molecular weight excluding hydrogens is 278 g/mol. The second-order valence-corrected chi connectivity index (χ2v) is 5.67. The molecule has 0 atom stereocenters. The summed E-state index contributed by atoms with van der Waals surface area (Å²) in [4.78, 5) is 18.6. The van der Waals surface area contributed by atoms with E-state index in [1.165, 1.54) is 0 Å². The van der Waals surface area contributed by atoms with Crippen molar-refractivity contribution in [2.24, 2.45) is 5.92 Å². The molecule has 1 aliphatic rings. The summed E-state index contributed by atoms with van der Waals surface area (Å²) < 4.78 is 0. The van der Waals surface area contributed by atoms with Crippen molar-refractivity contribution in [1.82, 2.24) is 10.3 Å². The number of phenols is 1. The average molecular weight is 299 g/mol. The van der Waals surface area contributed by atoms with E-state index in [0.29, 0.717) is 12.1 Å². The maximum Gasteiger partial charge on any atom is 0.223 e. The van der Waals surface area contributed by atoms with Gasteiger partial charge in [0.05, 0.1) is 0 Å². The molecule has 0 saturated carbocycles. The largest absolute Gasteiger partial charge is 0.506 e. The van der Waals surface area contributed by atoms with Crippen molar-refractivity contribution in [1.29, 1.82) is 0 Å². The zero-order valence-corrected chi connectivity index (χ0v) is 12.7. The van der Waals surface area contributed by atoms with Gasteiger partial charge in [0.15, 0.2) is 0 Å². The van der Waals surface area contributed by atoms with Crippen LogP contribution in [0.5, 0.6) is 5.75 Å². The van der Waals surface area contributed by atoms with Crippen molar-refractivity contribution in [3.05, 3.63) is 30.3 Å². The number of amides is 1. The minimum Gasteiger partial charge on any atom is -0.506 e. The van der Waals surface area contributed by atoms with Crippen LogP contribution in [0.4, 0.5) is 5.82 Å². The third-order valence-corrected chi connectivity index (χ3v) is 4.23. The van der Waals surface area contributed by atoms with Crippen molar-refractivity contribution >= 4 is 22.6 Å². The summed E-state index contributed by atoms with van der Waals surface area (Å²) in [7, 11) is 0. The van der Waals surface area contributed by atoms with Gasteiger partial charge in [0.25, 0.3) is 0 Å². The van der Waals surface area contributed by atoms with Crippen molar-refractivity contribution in [3.8, 4) is 5.75 Å². The summed E-state index contributed by atoms with van der Waals surface area (Å²) in [5, 5.41) is 13.8. The average Bonchev–Trinajstić information content (AvgIpc) is 2.55. The molecule has 2 heterocycles. The molecule has 0 unspecified atom stereocenters. The Morgan fingerprint density at radius 1 is 1.32 bits per heavy atom. The first-order chi connectivity index (χ1) is 10.7. The maximum atomic E-state index is 11.9. The van der Waals surface area contributed by atoms with Crippen LogP contribution in [-0.4, -0.2) is 35.6 Å². The quantitative estimate of drug-likeness (QED) is 0.912. The highest BCUT2D eigenvalue weighted by Gasteiger charge is 2.25. The molecule has 0 spiro atoms. The molecule has 22 heavy (non-hydrogen) atoms. The molecule has 5 nitrogen and oxygen atoms in total. The molecule has 1 amide bonds. The lowest BCUT2D eigenvalue weighted by atomic mass is 9.96. The molecule has 2 aromatic rings. The van der Waals surface area contributed by atoms with E-state index >= 15 is 0 Å². The fraction of sp³-hybridized carbons (Fsp3) is 0.412. The van der Waals surface area contributed by atoms with Crippen molar-refractivity contribution in [2.75, 3.05) is 24.5 Å². The number of carbonyl (C=O) groups excluding carboxylic acids is 1. The van der Waals surface area contributed by atoms with Gasteiger partial charge in [-0.2, -0.15) is 0 Å². The first-order valence-electron chi connectivity index (χ1n) is 7.80. The number of aromatic hydroxyl groups is 1. The Kier molecular flexibility index (Phi) is 4.13. The number of fused-ring (bicyclic) bond motifs is 1. The molecule has 2 N–H and O–H groups in total. The van der Waals surface area contributed by atoms with Gasteiger partial charge in [-0.25, -0.2) is 4.98 Å². The Hall–Kier alpha value is -2.30. The zero-order chi connectivity index (χ0) is 15.5. The van der Waals surface area contributed by atoms with Gasteiger partial charge in [0.2, 0.25) is 5.91 Å². The third kappa shape index (κ3) is 2.84. The van der Waals surface area contributed by atoms with Crippen LogP contribution in [0.3, 0.4) is 0 Å². The number of anilines is 1. The summed E-state index contributed by atoms with van der Waals surface area (Å²) >= 11 is 0. The molecule has 1 aromatic carbocycles. The molecule has 1 aromatic heterocycles. The fourth-order valence-electron chi connectivity index (χ4n) is 2.99. The molecule has 116 valence electrons. The second kappa shape index (κ2) is 6.22. The lowest BCUT2D eigenvalue weighted by Crippen LogP contribution is -2.40. The maximum absolute atomic E-state index is 11.9. The number of aromatic nitrogens is 1. The monoisotopic (exact) mass is 299 g/mol.